The van der Waals surface area contributed by atoms with Crippen molar-refractivity contribution in [3.8, 4) is 0 Å². The molecular formula is C14H21N3O. The summed E-state index contributed by atoms with van der Waals surface area (Å²) >= 11 is 0. The van der Waals surface area contributed by atoms with E-state index in [9.17, 15) is 4.79 Å². The zero-order valence-corrected chi connectivity index (χ0v) is 11.2. The fourth-order valence-corrected chi connectivity index (χ4v) is 1.64. The molecule has 18 heavy (non-hydrogen) atoms. The Morgan fingerprint density at radius 2 is 2.17 bits per heavy atom. The van der Waals surface area contributed by atoms with Crippen LogP contribution in [0.25, 0.3) is 0 Å². The summed E-state index contributed by atoms with van der Waals surface area (Å²) in [4.78, 5) is 13.8. The van der Waals surface area contributed by atoms with Gasteiger partial charge in [0, 0.05) is 26.2 Å². The van der Waals surface area contributed by atoms with E-state index in [0.29, 0.717) is 17.8 Å². The molecule has 1 rings (SSSR count). The second-order valence-corrected chi connectivity index (χ2v) is 4.28. The molecule has 0 heterocycles. The lowest BCUT2D eigenvalue weighted by atomic mass is 10.1. The summed E-state index contributed by atoms with van der Waals surface area (Å²) in [6.45, 7) is 2.60. The van der Waals surface area contributed by atoms with E-state index in [1.54, 1.807) is 12.1 Å². The molecule has 0 aromatic heterocycles. The lowest BCUT2D eigenvalue weighted by Gasteiger charge is -2.15. The van der Waals surface area contributed by atoms with Gasteiger partial charge < -0.3 is 16.0 Å². The second-order valence-electron chi connectivity index (χ2n) is 4.28. The zero-order valence-electron chi connectivity index (χ0n) is 11.2. The Morgan fingerprint density at radius 3 is 2.72 bits per heavy atom. The maximum Gasteiger partial charge on any atom is 0.251 e. The molecule has 0 atom stereocenters. The number of hydrogen-bond acceptors (Lipinski definition) is 3. The van der Waals surface area contributed by atoms with Crippen LogP contribution in [0, 0.1) is 0 Å². The van der Waals surface area contributed by atoms with Gasteiger partial charge in [-0.25, -0.2) is 0 Å². The van der Waals surface area contributed by atoms with Crippen LogP contribution in [-0.4, -0.2) is 26.5 Å². The van der Waals surface area contributed by atoms with Gasteiger partial charge in [-0.05, 0) is 31.5 Å². The summed E-state index contributed by atoms with van der Waals surface area (Å²) in [6, 6.07) is 5.35. The third kappa shape index (κ3) is 3.80. The SMILES string of the molecule is C/C=C/CCNC(=O)c1ccc(N(C)C)c(N)c1. The number of nitrogen functional groups attached to an aromatic ring is 1. The van der Waals surface area contributed by atoms with E-state index in [-0.39, 0.29) is 5.91 Å². The van der Waals surface area contributed by atoms with Gasteiger partial charge >= 0.3 is 0 Å². The van der Waals surface area contributed by atoms with Gasteiger partial charge in [-0.15, -0.1) is 0 Å². The molecule has 1 amide bonds. The highest BCUT2D eigenvalue weighted by Gasteiger charge is 2.08. The van der Waals surface area contributed by atoms with Crippen LogP contribution in [0.15, 0.2) is 30.4 Å². The Bertz CT molecular complexity index is 439. The van der Waals surface area contributed by atoms with E-state index in [2.05, 4.69) is 5.32 Å². The summed E-state index contributed by atoms with van der Waals surface area (Å²) in [7, 11) is 3.84. The van der Waals surface area contributed by atoms with Crippen LogP contribution < -0.4 is 16.0 Å². The molecule has 4 nitrogen and oxygen atoms in total. The van der Waals surface area contributed by atoms with Gasteiger partial charge in [0.1, 0.15) is 0 Å². The molecule has 0 aliphatic rings. The molecule has 0 saturated heterocycles. The highest BCUT2D eigenvalue weighted by Crippen LogP contribution is 2.22. The minimum absolute atomic E-state index is 0.0866. The molecule has 3 N–H and O–H groups in total. The van der Waals surface area contributed by atoms with E-state index in [1.807, 2.05) is 44.1 Å². The second kappa shape index (κ2) is 6.69. The molecule has 1 aromatic carbocycles. The smallest absolute Gasteiger partial charge is 0.251 e. The number of rotatable bonds is 5. The number of benzene rings is 1. The van der Waals surface area contributed by atoms with Gasteiger partial charge in [0.2, 0.25) is 0 Å². The Labute approximate surface area is 108 Å². The third-order valence-corrected chi connectivity index (χ3v) is 2.60. The van der Waals surface area contributed by atoms with Crippen molar-refractivity contribution < 1.29 is 4.79 Å². The van der Waals surface area contributed by atoms with Crippen LogP contribution in [0.5, 0.6) is 0 Å². The van der Waals surface area contributed by atoms with E-state index in [4.69, 9.17) is 5.73 Å². The molecule has 0 unspecified atom stereocenters. The van der Waals surface area contributed by atoms with Crippen molar-refractivity contribution in [1.29, 1.82) is 0 Å². The fraction of sp³-hybridized carbons (Fsp3) is 0.357. The molecule has 0 bridgehead atoms. The quantitative estimate of drug-likeness (QED) is 0.475. The van der Waals surface area contributed by atoms with Gasteiger partial charge in [0.05, 0.1) is 11.4 Å². The minimum Gasteiger partial charge on any atom is -0.397 e. The standard InChI is InChI=1S/C14H21N3O/c1-4-5-6-9-16-14(18)11-7-8-13(17(2)3)12(15)10-11/h4-5,7-8,10H,6,9,15H2,1-3H3,(H,16,18)/b5-4+. The van der Waals surface area contributed by atoms with Gasteiger partial charge in [-0.2, -0.15) is 0 Å². The Kier molecular flexibility index (Phi) is 5.24. The monoisotopic (exact) mass is 247 g/mol. The maximum atomic E-state index is 11.8. The van der Waals surface area contributed by atoms with Crippen molar-refractivity contribution in [3.63, 3.8) is 0 Å². The summed E-state index contributed by atoms with van der Waals surface area (Å²) < 4.78 is 0. The number of anilines is 2. The first-order valence-electron chi connectivity index (χ1n) is 6.02. The first kappa shape index (κ1) is 14.1. The maximum absolute atomic E-state index is 11.8. The van der Waals surface area contributed by atoms with E-state index < -0.39 is 0 Å². The number of nitrogens with zero attached hydrogens (tertiary/aromatic N) is 1. The molecule has 0 spiro atoms. The lowest BCUT2D eigenvalue weighted by molar-refractivity contribution is 0.0954. The predicted molar refractivity (Wildman–Crippen MR) is 76.9 cm³/mol. The van der Waals surface area contributed by atoms with Crippen LogP contribution in [0.1, 0.15) is 23.7 Å². The van der Waals surface area contributed by atoms with Crippen molar-refractivity contribution in [2.75, 3.05) is 31.3 Å². The van der Waals surface area contributed by atoms with Gasteiger partial charge in [0.15, 0.2) is 0 Å². The van der Waals surface area contributed by atoms with Crippen LogP contribution in [-0.2, 0) is 0 Å². The number of allylic oxidation sites excluding steroid dienone is 1. The average molecular weight is 247 g/mol. The van der Waals surface area contributed by atoms with Crippen molar-refractivity contribution >= 4 is 17.3 Å². The highest BCUT2D eigenvalue weighted by atomic mass is 16.1. The Balaban J connectivity index is 2.67. The van der Waals surface area contributed by atoms with Crippen molar-refractivity contribution in [3.05, 3.63) is 35.9 Å². The average Bonchev–Trinajstić information content (AvgIpc) is 2.33. The summed E-state index contributed by atoms with van der Waals surface area (Å²) in [5.74, 6) is -0.0866. The number of hydrogen-bond donors (Lipinski definition) is 2. The number of carbonyl (C=O) groups is 1. The topological polar surface area (TPSA) is 58.4 Å². The molecule has 0 aliphatic heterocycles. The number of nitrogens with one attached hydrogen (secondary N) is 1. The Morgan fingerprint density at radius 1 is 1.44 bits per heavy atom. The Hall–Kier alpha value is -1.97. The number of carbonyl (C=O) groups excluding carboxylic acids is 1. The van der Waals surface area contributed by atoms with Crippen molar-refractivity contribution in [1.82, 2.24) is 5.32 Å². The number of nitrogens with two attached hydrogens (primary N) is 1. The molecule has 0 saturated carbocycles. The third-order valence-electron chi connectivity index (χ3n) is 2.60. The lowest BCUT2D eigenvalue weighted by Crippen LogP contribution is -2.24. The van der Waals surface area contributed by atoms with Gasteiger partial charge in [-0.1, -0.05) is 12.2 Å². The first-order valence-corrected chi connectivity index (χ1v) is 6.02. The molecule has 0 aliphatic carbocycles. The van der Waals surface area contributed by atoms with Crippen LogP contribution in [0.3, 0.4) is 0 Å². The molecule has 1 aromatic rings. The molecule has 0 radical (unpaired) electrons. The van der Waals surface area contributed by atoms with Crippen LogP contribution >= 0.6 is 0 Å². The zero-order chi connectivity index (χ0) is 13.5. The summed E-state index contributed by atoms with van der Waals surface area (Å²) in [6.07, 6.45) is 4.83. The van der Waals surface area contributed by atoms with Crippen LogP contribution in [0.2, 0.25) is 0 Å². The number of amides is 1. The predicted octanol–water partition coefficient (Wildman–Crippen LogP) is 2.03. The van der Waals surface area contributed by atoms with E-state index in [1.165, 1.54) is 0 Å². The molecule has 0 fully saturated rings. The molecular weight excluding hydrogens is 226 g/mol. The minimum atomic E-state index is -0.0866. The fourth-order valence-electron chi connectivity index (χ4n) is 1.64. The highest BCUT2D eigenvalue weighted by molar-refractivity contribution is 5.96. The van der Waals surface area contributed by atoms with Crippen molar-refractivity contribution in [2.24, 2.45) is 0 Å². The van der Waals surface area contributed by atoms with Crippen LogP contribution in [0.4, 0.5) is 11.4 Å². The van der Waals surface area contributed by atoms with E-state index in [0.717, 1.165) is 12.1 Å². The normalized spacial score (nSPS) is 10.6. The first-order chi connectivity index (χ1) is 8.56. The molecule has 4 heteroatoms. The van der Waals surface area contributed by atoms with Crippen molar-refractivity contribution in [2.45, 2.75) is 13.3 Å². The van der Waals surface area contributed by atoms with E-state index >= 15 is 0 Å². The molecule has 98 valence electrons. The summed E-state index contributed by atoms with van der Waals surface area (Å²) in [5.41, 5.74) is 8.03. The van der Waals surface area contributed by atoms with Gasteiger partial charge in [-0.3, -0.25) is 4.79 Å². The van der Waals surface area contributed by atoms with Gasteiger partial charge in [0.25, 0.3) is 5.91 Å². The summed E-state index contributed by atoms with van der Waals surface area (Å²) in [5, 5.41) is 2.85. The largest absolute Gasteiger partial charge is 0.397 e.